The summed E-state index contributed by atoms with van der Waals surface area (Å²) in [6.45, 7) is 5.19. The number of alkyl halides is 3. The molecule has 1 atom stereocenters. The van der Waals surface area contributed by atoms with Gasteiger partial charge in [0.2, 0.25) is 5.91 Å². The molecule has 3 heterocycles. The van der Waals surface area contributed by atoms with Gasteiger partial charge in [-0.15, -0.1) is 0 Å². The van der Waals surface area contributed by atoms with Crippen LogP contribution in [0.1, 0.15) is 42.4 Å². The van der Waals surface area contributed by atoms with E-state index in [1.807, 2.05) is 5.10 Å². The highest BCUT2D eigenvalue weighted by Crippen LogP contribution is 2.29. The summed E-state index contributed by atoms with van der Waals surface area (Å²) in [5, 5.41) is 16.4. The van der Waals surface area contributed by atoms with Gasteiger partial charge in [-0.05, 0) is 19.3 Å². The Morgan fingerprint density at radius 2 is 1.83 bits per heavy atom. The number of aromatic nitrogens is 2. The largest absolute Gasteiger partial charge is 0.432 e. The SMILES string of the molecule is CC(=O)N1CCN(CC2(O)CCCN(C(=O)c3cc(C(F)(F)F)[nH]n3)CC2)CC1. The molecule has 2 N–H and O–H groups in total. The highest BCUT2D eigenvalue weighted by atomic mass is 19.4. The van der Waals surface area contributed by atoms with Crippen LogP contribution in [0.3, 0.4) is 0 Å². The maximum Gasteiger partial charge on any atom is 0.432 e. The van der Waals surface area contributed by atoms with Crippen LogP contribution in [0.15, 0.2) is 6.07 Å². The molecule has 1 aromatic heterocycles. The number of piperazine rings is 1. The molecule has 0 bridgehead atoms. The number of hydrogen-bond acceptors (Lipinski definition) is 5. The number of H-pyrrole nitrogens is 1. The Bertz CT molecular complexity index is 745. The van der Waals surface area contributed by atoms with Crippen molar-refractivity contribution >= 4 is 11.8 Å². The van der Waals surface area contributed by atoms with Gasteiger partial charge in [0.25, 0.3) is 5.91 Å². The minimum Gasteiger partial charge on any atom is -0.388 e. The number of aliphatic hydroxyl groups is 1. The Morgan fingerprint density at radius 1 is 1.14 bits per heavy atom. The molecule has 1 aromatic rings. The van der Waals surface area contributed by atoms with E-state index < -0.39 is 23.4 Å². The molecule has 3 rings (SSSR count). The van der Waals surface area contributed by atoms with Crippen molar-refractivity contribution in [2.45, 2.75) is 38.0 Å². The average molecular weight is 417 g/mol. The normalized spacial score (nSPS) is 24.4. The quantitative estimate of drug-likeness (QED) is 0.764. The van der Waals surface area contributed by atoms with Gasteiger partial charge in [-0.1, -0.05) is 0 Å². The number of halogens is 3. The van der Waals surface area contributed by atoms with Gasteiger partial charge < -0.3 is 14.9 Å². The van der Waals surface area contributed by atoms with Crippen LogP contribution in [0.4, 0.5) is 13.2 Å². The lowest BCUT2D eigenvalue weighted by molar-refractivity contribution is -0.141. The number of likely N-dealkylation sites (tertiary alicyclic amines) is 1. The predicted octanol–water partition coefficient (Wildman–Crippen LogP) is 0.950. The molecular formula is C18H26F3N5O3. The van der Waals surface area contributed by atoms with Gasteiger partial charge in [0.05, 0.1) is 5.60 Å². The molecule has 2 aliphatic rings. The van der Waals surface area contributed by atoms with Gasteiger partial charge in [0, 0.05) is 58.8 Å². The molecule has 2 saturated heterocycles. The fraction of sp³-hybridized carbons (Fsp3) is 0.722. The first-order valence-electron chi connectivity index (χ1n) is 9.69. The minimum absolute atomic E-state index is 0.0408. The Balaban J connectivity index is 1.56. The van der Waals surface area contributed by atoms with Crippen LogP contribution in [0.2, 0.25) is 0 Å². The molecule has 2 fully saturated rings. The third kappa shape index (κ3) is 5.27. The number of rotatable bonds is 3. The lowest BCUT2D eigenvalue weighted by Crippen LogP contribution is -2.53. The first-order valence-corrected chi connectivity index (χ1v) is 9.69. The first kappa shape index (κ1) is 21.6. The van der Waals surface area contributed by atoms with Crippen LogP contribution in [-0.2, 0) is 11.0 Å². The molecule has 0 aliphatic carbocycles. The number of nitrogens with one attached hydrogen (secondary N) is 1. The number of carbonyl (C=O) groups excluding carboxylic acids is 2. The zero-order valence-electron chi connectivity index (χ0n) is 16.3. The van der Waals surface area contributed by atoms with Gasteiger partial charge in [0.1, 0.15) is 5.69 Å². The van der Waals surface area contributed by atoms with Crippen molar-refractivity contribution in [2.75, 3.05) is 45.8 Å². The third-order valence-electron chi connectivity index (χ3n) is 5.64. The summed E-state index contributed by atoms with van der Waals surface area (Å²) in [6.07, 6.45) is -3.20. The van der Waals surface area contributed by atoms with Crippen molar-refractivity contribution in [3.8, 4) is 0 Å². The second kappa shape index (κ2) is 8.31. The second-order valence-electron chi connectivity index (χ2n) is 7.82. The van der Waals surface area contributed by atoms with E-state index in [1.54, 1.807) is 4.90 Å². The third-order valence-corrected chi connectivity index (χ3v) is 5.64. The fourth-order valence-corrected chi connectivity index (χ4v) is 3.92. The topological polar surface area (TPSA) is 92.8 Å². The fourth-order valence-electron chi connectivity index (χ4n) is 3.92. The summed E-state index contributed by atoms with van der Waals surface area (Å²) in [5.74, 6) is -0.532. The smallest absolute Gasteiger partial charge is 0.388 e. The second-order valence-corrected chi connectivity index (χ2v) is 7.82. The summed E-state index contributed by atoms with van der Waals surface area (Å²) in [5.41, 5.74) is -2.31. The van der Waals surface area contributed by atoms with Crippen molar-refractivity contribution in [1.82, 2.24) is 24.9 Å². The van der Waals surface area contributed by atoms with Crippen LogP contribution in [0.25, 0.3) is 0 Å². The lowest BCUT2D eigenvalue weighted by atomic mass is 9.94. The van der Waals surface area contributed by atoms with Crippen LogP contribution in [0, 0.1) is 0 Å². The van der Waals surface area contributed by atoms with E-state index in [-0.39, 0.29) is 18.1 Å². The number of nitrogens with zero attached hydrogens (tertiary/aromatic N) is 4. The molecule has 2 aliphatic heterocycles. The highest BCUT2D eigenvalue weighted by Gasteiger charge is 2.37. The van der Waals surface area contributed by atoms with Crippen LogP contribution in [-0.4, -0.2) is 93.2 Å². The lowest BCUT2D eigenvalue weighted by Gasteiger charge is -2.39. The zero-order valence-corrected chi connectivity index (χ0v) is 16.3. The van der Waals surface area contributed by atoms with E-state index in [9.17, 15) is 27.9 Å². The molecule has 0 spiro atoms. The van der Waals surface area contributed by atoms with Crippen LogP contribution in [0.5, 0.6) is 0 Å². The zero-order chi connectivity index (χ0) is 21.2. The number of hydrogen-bond donors (Lipinski definition) is 2. The van der Waals surface area contributed by atoms with E-state index in [1.165, 1.54) is 11.8 Å². The number of β-amino-alcohol motifs (C(OH)–C–C–N with tert-alkyl or cyclic N) is 1. The average Bonchev–Trinajstić information content (AvgIpc) is 3.07. The van der Waals surface area contributed by atoms with E-state index in [2.05, 4.69) is 10.00 Å². The van der Waals surface area contributed by atoms with E-state index in [4.69, 9.17) is 0 Å². The Kier molecular flexibility index (Phi) is 6.18. The monoisotopic (exact) mass is 417 g/mol. The van der Waals surface area contributed by atoms with Crippen molar-refractivity contribution in [3.05, 3.63) is 17.5 Å². The summed E-state index contributed by atoms with van der Waals surface area (Å²) in [6, 6.07) is 0.716. The van der Waals surface area contributed by atoms with Gasteiger partial charge in [0.15, 0.2) is 5.69 Å². The molecule has 0 aromatic carbocycles. The summed E-state index contributed by atoms with van der Waals surface area (Å²) in [7, 11) is 0. The molecule has 0 radical (unpaired) electrons. The Morgan fingerprint density at radius 3 is 2.41 bits per heavy atom. The van der Waals surface area contributed by atoms with Gasteiger partial charge in [-0.25, -0.2) is 0 Å². The molecule has 11 heteroatoms. The molecule has 2 amide bonds. The minimum atomic E-state index is -4.59. The van der Waals surface area contributed by atoms with Gasteiger partial charge in [-0.3, -0.25) is 19.6 Å². The first-order chi connectivity index (χ1) is 13.6. The summed E-state index contributed by atoms with van der Waals surface area (Å²) in [4.78, 5) is 29.3. The molecular weight excluding hydrogens is 391 g/mol. The number of carbonyl (C=O) groups is 2. The molecule has 162 valence electrons. The molecule has 1 unspecified atom stereocenters. The number of aromatic amines is 1. The van der Waals surface area contributed by atoms with Crippen molar-refractivity contribution < 1.29 is 27.9 Å². The van der Waals surface area contributed by atoms with Crippen LogP contribution < -0.4 is 0 Å². The maximum atomic E-state index is 12.7. The van der Waals surface area contributed by atoms with Crippen LogP contribution >= 0.6 is 0 Å². The van der Waals surface area contributed by atoms with Gasteiger partial charge >= 0.3 is 6.18 Å². The number of amides is 2. The maximum absolute atomic E-state index is 12.7. The van der Waals surface area contributed by atoms with Crippen molar-refractivity contribution in [3.63, 3.8) is 0 Å². The molecule has 0 saturated carbocycles. The summed E-state index contributed by atoms with van der Waals surface area (Å²) >= 11 is 0. The Labute approximate surface area is 166 Å². The Hall–Kier alpha value is -2.14. The van der Waals surface area contributed by atoms with E-state index in [0.29, 0.717) is 64.6 Å². The van der Waals surface area contributed by atoms with Gasteiger partial charge in [-0.2, -0.15) is 18.3 Å². The van der Waals surface area contributed by atoms with Crippen molar-refractivity contribution in [2.24, 2.45) is 0 Å². The van der Waals surface area contributed by atoms with E-state index >= 15 is 0 Å². The molecule has 29 heavy (non-hydrogen) atoms. The summed E-state index contributed by atoms with van der Waals surface area (Å²) < 4.78 is 38.1. The molecule has 8 nitrogen and oxygen atoms in total. The standard InChI is InChI=1S/C18H26F3N5O3/c1-13(27)25-9-7-24(8-10-25)12-17(29)3-2-5-26(6-4-17)16(28)14-11-15(23-22-14)18(19,20)21/h11,29H,2-10,12H2,1H3,(H,22,23). The van der Waals surface area contributed by atoms with Crippen molar-refractivity contribution in [1.29, 1.82) is 0 Å². The predicted molar refractivity (Wildman–Crippen MR) is 97.0 cm³/mol. The van der Waals surface area contributed by atoms with E-state index in [0.717, 1.165) is 0 Å². The highest BCUT2D eigenvalue weighted by molar-refractivity contribution is 5.92.